The number of rotatable bonds is 3. The monoisotopic (exact) mass is 349 g/mol. The molecule has 0 spiro atoms. The summed E-state index contributed by atoms with van der Waals surface area (Å²) in [6.45, 7) is 2.12. The highest BCUT2D eigenvalue weighted by Crippen LogP contribution is 2.42. The molecule has 0 fully saturated rings. The number of aromatic nitrogens is 1. The van der Waals surface area contributed by atoms with Crippen LogP contribution in [-0.4, -0.2) is 4.98 Å². The minimum Gasteiger partial charge on any atom is -0.455 e. The molecule has 2 aromatic heterocycles. The first kappa shape index (κ1) is 15.7. The zero-order valence-corrected chi connectivity index (χ0v) is 15.1. The topological polar surface area (TPSA) is 28.9 Å². The summed E-state index contributed by atoms with van der Waals surface area (Å²) in [4.78, 5) is 3.51. The molecule has 0 amide bonds. The largest absolute Gasteiger partial charge is 0.455 e. The highest BCUT2D eigenvalue weighted by Gasteiger charge is 2.20. The van der Waals surface area contributed by atoms with Gasteiger partial charge in [0.2, 0.25) is 0 Å². The van der Waals surface area contributed by atoms with Gasteiger partial charge in [0.25, 0.3) is 0 Å². The Morgan fingerprint density at radius 1 is 0.704 bits per heavy atom. The van der Waals surface area contributed by atoms with Crippen molar-refractivity contribution >= 4 is 10.9 Å². The summed E-state index contributed by atoms with van der Waals surface area (Å²) in [5.74, 6) is 1.79. The van der Waals surface area contributed by atoms with E-state index in [1.54, 1.807) is 0 Å². The van der Waals surface area contributed by atoms with E-state index < -0.39 is 0 Å². The van der Waals surface area contributed by atoms with Crippen molar-refractivity contribution in [3.8, 4) is 33.8 Å². The molecule has 5 aromatic rings. The van der Waals surface area contributed by atoms with Crippen molar-refractivity contribution in [3.63, 3.8) is 0 Å². The number of H-pyrrole nitrogens is 1. The second-order valence-corrected chi connectivity index (χ2v) is 6.76. The van der Waals surface area contributed by atoms with Crippen molar-refractivity contribution in [2.75, 3.05) is 0 Å². The molecule has 0 bridgehead atoms. The lowest BCUT2D eigenvalue weighted by Crippen LogP contribution is -1.81. The lowest BCUT2D eigenvalue weighted by atomic mass is 9.98. The molecule has 0 atom stereocenters. The van der Waals surface area contributed by atoms with Gasteiger partial charge >= 0.3 is 0 Å². The van der Waals surface area contributed by atoms with Crippen LogP contribution in [0.4, 0.5) is 0 Å². The van der Waals surface area contributed by atoms with E-state index in [1.165, 1.54) is 10.9 Å². The van der Waals surface area contributed by atoms with Gasteiger partial charge in [0.15, 0.2) is 0 Å². The highest BCUT2D eigenvalue weighted by molar-refractivity contribution is 6.01. The third-order valence-electron chi connectivity index (χ3n) is 4.99. The normalized spacial score (nSPS) is 11.1. The van der Waals surface area contributed by atoms with E-state index in [1.807, 2.05) is 36.4 Å². The quantitative estimate of drug-likeness (QED) is 0.371. The number of nitrogens with one attached hydrogen (secondary N) is 1. The SMILES string of the molecule is Cc1[nH]c2ccccc2c1-c1cc(-c2ccccc2)oc1-c1ccccc1. The van der Waals surface area contributed by atoms with E-state index in [-0.39, 0.29) is 0 Å². The first-order valence-electron chi connectivity index (χ1n) is 9.13. The molecule has 0 aliphatic rings. The molecule has 0 aliphatic carbocycles. The van der Waals surface area contributed by atoms with Gasteiger partial charge in [-0.3, -0.25) is 0 Å². The molecule has 0 saturated carbocycles. The van der Waals surface area contributed by atoms with Gasteiger partial charge in [0.1, 0.15) is 11.5 Å². The Hall–Kier alpha value is -3.52. The molecular weight excluding hydrogens is 330 g/mol. The Morgan fingerprint density at radius 2 is 1.33 bits per heavy atom. The second kappa shape index (κ2) is 6.33. The number of hydrogen-bond acceptors (Lipinski definition) is 1. The number of furan rings is 1. The lowest BCUT2D eigenvalue weighted by molar-refractivity contribution is 0.598. The second-order valence-electron chi connectivity index (χ2n) is 6.76. The molecule has 5 rings (SSSR count). The molecule has 0 saturated heterocycles. The van der Waals surface area contributed by atoms with Crippen molar-refractivity contribution in [3.05, 3.63) is 96.7 Å². The maximum Gasteiger partial charge on any atom is 0.142 e. The number of fused-ring (bicyclic) bond motifs is 1. The Labute approximate surface area is 158 Å². The van der Waals surface area contributed by atoms with Gasteiger partial charge in [-0.05, 0) is 19.1 Å². The van der Waals surface area contributed by atoms with Crippen LogP contribution in [0.3, 0.4) is 0 Å². The van der Waals surface area contributed by atoms with Crippen LogP contribution >= 0.6 is 0 Å². The third kappa shape index (κ3) is 2.67. The van der Waals surface area contributed by atoms with E-state index in [9.17, 15) is 0 Å². The minimum absolute atomic E-state index is 0.883. The summed E-state index contributed by atoms with van der Waals surface area (Å²) in [5, 5.41) is 1.22. The Kier molecular flexibility index (Phi) is 3.68. The van der Waals surface area contributed by atoms with Crippen molar-refractivity contribution in [2.45, 2.75) is 6.92 Å². The maximum absolute atomic E-state index is 6.40. The highest BCUT2D eigenvalue weighted by atomic mass is 16.3. The molecule has 0 radical (unpaired) electrons. The van der Waals surface area contributed by atoms with Crippen LogP contribution in [0.5, 0.6) is 0 Å². The fourth-order valence-electron chi connectivity index (χ4n) is 3.75. The van der Waals surface area contributed by atoms with Crippen LogP contribution in [0, 0.1) is 6.92 Å². The van der Waals surface area contributed by atoms with Gasteiger partial charge in [0, 0.05) is 38.9 Å². The summed E-state index contributed by atoms with van der Waals surface area (Å²) < 4.78 is 6.40. The van der Waals surface area contributed by atoms with Crippen LogP contribution in [0.1, 0.15) is 5.69 Å². The molecule has 2 heterocycles. The molecule has 130 valence electrons. The fraction of sp³-hybridized carbons (Fsp3) is 0.0400. The predicted octanol–water partition coefficient (Wildman–Crippen LogP) is 7.07. The first-order chi connectivity index (χ1) is 13.3. The predicted molar refractivity (Wildman–Crippen MR) is 112 cm³/mol. The van der Waals surface area contributed by atoms with E-state index in [2.05, 4.69) is 66.5 Å². The van der Waals surface area contributed by atoms with Gasteiger partial charge in [0.05, 0.1) is 0 Å². The molecule has 1 N–H and O–H groups in total. The molecular formula is C25H19NO. The average molecular weight is 349 g/mol. The molecule has 2 nitrogen and oxygen atoms in total. The molecule has 0 unspecified atom stereocenters. The fourth-order valence-corrected chi connectivity index (χ4v) is 3.75. The number of aryl methyl sites for hydroxylation is 1. The van der Waals surface area contributed by atoms with E-state index in [4.69, 9.17) is 4.42 Å². The number of aromatic amines is 1. The number of benzene rings is 3. The van der Waals surface area contributed by atoms with Crippen molar-refractivity contribution in [1.82, 2.24) is 4.98 Å². The summed E-state index contributed by atoms with van der Waals surface area (Å²) in [7, 11) is 0. The zero-order valence-electron chi connectivity index (χ0n) is 15.1. The van der Waals surface area contributed by atoms with E-state index in [0.717, 1.165) is 39.4 Å². The lowest BCUT2D eigenvalue weighted by Gasteiger charge is -2.03. The summed E-state index contributed by atoms with van der Waals surface area (Å²) in [6, 6.07) is 31.2. The van der Waals surface area contributed by atoms with Crippen LogP contribution in [-0.2, 0) is 0 Å². The maximum atomic E-state index is 6.40. The van der Waals surface area contributed by atoms with Gasteiger partial charge in [-0.2, -0.15) is 0 Å². The Morgan fingerprint density at radius 3 is 2.07 bits per heavy atom. The average Bonchev–Trinajstić information content (AvgIpc) is 3.29. The van der Waals surface area contributed by atoms with Crippen molar-refractivity contribution in [1.29, 1.82) is 0 Å². The minimum atomic E-state index is 0.883. The molecule has 27 heavy (non-hydrogen) atoms. The standard InChI is InChI=1S/C25H19NO/c1-17-24(20-14-8-9-15-22(20)26-17)21-16-23(18-10-4-2-5-11-18)27-25(21)19-12-6-3-7-13-19/h2-16,26H,1H3. The first-order valence-corrected chi connectivity index (χ1v) is 9.13. The van der Waals surface area contributed by atoms with E-state index >= 15 is 0 Å². The molecule has 0 aliphatic heterocycles. The van der Waals surface area contributed by atoms with Gasteiger partial charge in [-0.15, -0.1) is 0 Å². The number of para-hydroxylation sites is 1. The number of hydrogen-bond donors (Lipinski definition) is 1. The smallest absolute Gasteiger partial charge is 0.142 e. The van der Waals surface area contributed by atoms with Crippen LogP contribution in [0.2, 0.25) is 0 Å². The third-order valence-corrected chi connectivity index (χ3v) is 4.99. The van der Waals surface area contributed by atoms with Crippen molar-refractivity contribution in [2.24, 2.45) is 0 Å². The van der Waals surface area contributed by atoms with Crippen molar-refractivity contribution < 1.29 is 4.42 Å². The molecule has 2 heteroatoms. The zero-order chi connectivity index (χ0) is 18.2. The van der Waals surface area contributed by atoms with Crippen LogP contribution in [0.15, 0.2) is 95.4 Å². The Balaban J connectivity index is 1.80. The molecule has 3 aromatic carbocycles. The van der Waals surface area contributed by atoms with Crippen LogP contribution in [0.25, 0.3) is 44.7 Å². The van der Waals surface area contributed by atoms with E-state index in [0.29, 0.717) is 0 Å². The van der Waals surface area contributed by atoms with Gasteiger partial charge in [-0.1, -0.05) is 78.9 Å². The van der Waals surface area contributed by atoms with Gasteiger partial charge < -0.3 is 9.40 Å². The summed E-state index contributed by atoms with van der Waals surface area (Å²) in [6.07, 6.45) is 0. The van der Waals surface area contributed by atoms with Crippen LogP contribution < -0.4 is 0 Å². The summed E-state index contributed by atoms with van der Waals surface area (Å²) in [5.41, 5.74) is 6.78. The Bertz CT molecular complexity index is 1210. The van der Waals surface area contributed by atoms with Gasteiger partial charge in [-0.25, -0.2) is 0 Å². The summed E-state index contributed by atoms with van der Waals surface area (Å²) >= 11 is 0.